The number of nitrogens with two attached hydrogens (primary N) is 1. The average Bonchev–Trinajstić information content (AvgIpc) is 2.27. The minimum absolute atomic E-state index is 0.744. The first-order valence-corrected chi connectivity index (χ1v) is 5.79. The number of nitrogens with zero attached hydrogens (tertiary/aromatic N) is 2. The highest BCUT2D eigenvalue weighted by molar-refractivity contribution is 7.99. The van der Waals surface area contributed by atoms with E-state index in [9.17, 15) is 0 Å². The first-order chi connectivity index (χ1) is 7.65. The van der Waals surface area contributed by atoms with Crippen LogP contribution in [0.25, 0.3) is 0 Å². The van der Waals surface area contributed by atoms with Crippen LogP contribution < -0.4 is 5.73 Å². The Morgan fingerprint density at radius 1 is 1.12 bits per heavy atom. The third-order valence-electron chi connectivity index (χ3n) is 2.22. The van der Waals surface area contributed by atoms with Gasteiger partial charge in [0.15, 0.2) is 5.16 Å². The van der Waals surface area contributed by atoms with Gasteiger partial charge in [0.05, 0.1) is 0 Å². The van der Waals surface area contributed by atoms with Gasteiger partial charge in [-0.25, -0.2) is 9.97 Å². The Bertz CT molecular complexity index is 494. The molecule has 16 heavy (non-hydrogen) atoms. The van der Waals surface area contributed by atoms with Crippen LogP contribution in [-0.4, -0.2) is 9.97 Å². The lowest BCUT2D eigenvalue weighted by Crippen LogP contribution is -1.90. The predicted molar refractivity (Wildman–Crippen MR) is 66.5 cm³/mol. The second kappa shape index (κ2) is 4.53. The van der Waals surface area contributed by atoms with Gasteiger partial charge in [-0.2, -0.15) is 0 Å². The summed E-state index contributed by atoms with van der Waals surface area (Å²) < 4.78 is 0. The third kappa shape index (κ3) is 2.52. The molecule has 0 aliphatic heterocycles. The van der Waals surface area contributed by atoms with Gasteiger partial charge in [-0.15, -0.1) is 0 Å². The Morgan fingerprint density at radius 2 is 1.81 bits per heavy atom. The van der Waals surface area contributed by atoms with Crippen molar-refractivity contribution in [2.45, 2.75) is 23.9 Å². The molecule has 1 aromatic carbocycles. The van der Waals surface area contributed by atoms with Crippen LogP contribution in [0.15, 0.2) is 40.6 Å². The maximum absolute atomic E-state index is 5.84. The minimum Gasteiger partial charge on any atom is -0.398 e. The summed E-state index contributed by atoms with van der Waals surface area (Å²) in [5.41, 5.74) is 8.80. The van der Waals surface area contributed by atoms with Gasteiger partial charge in [0.25, 0.3) is 0 Å². The topological polar surface area (TPSA) is 51.8 Å². The summed E-state index contributed by atoms with van der Waals surface area (Å²) in [6.45, 7) is 3.96. The summed E-state index contributed by atoms with van der Waals surface area (Å²) >= 11 is 1.52. The first kappa shape index (κ1) is 11.0. The molecule has 0 saturated carbocycles. The first-order valence-electron chi connectivity index (χ1n) is 4.98. The van der Waals surface area contributed by atoms with E-state index in [1.165, 1.54) is 11.8 Å². The fraction of sp³-hybridized carbons (Fsp3) is 0.167. The Labute approximate surface area is 99.1 Å². The molecule has 4 heteroatoms. The Balaban J connectivity index is 2.20. The maximum Gasteiger partial charge on any atom is 0.192 e. The Kier molecular flexibility index (Phi) is 3.10. The molecule has 0 saturated heterocycles. The van der Waals surface area contributed by atoms with Gasteiger partial charge in [-0.1, -0.05) is 6.07 Å². The number of benzene rings is 1. The smallest absolute Gasteiger partial charge is 0.192 e. The maximum atomic E-state index is 5.84. The number of aryl methyl sites for hydroxylation is 2. The van der Waals surface area contributed by atoms with Crippen LogP contribution in [0, 0.1) is 13.8 Å². The molecule has 0 unspecified atom stereocenters. The zero-order valence-corrected chi connectivity index (χ0v) is 10.1. The number of hydrogen-bond acceptors (Lipinski definition) is 4. The lowest BCUT2D eigenvalue weighted by atomic mass is 10.2. The highest BCUT2D eigenvalue weighted by Gasteiger charge is 2.01. The fourth-order valence-corrected chi connectivity index (χ4v) is 1.96. The molecule has 82 valence electrons. The van der Waals surface area contributed by atoms with Gasteiger partial charge >= 0.3 is 0 Å². The summed E-state index contributed by atoms with van der Waals surface area (Å²) in [7, 11) is 0. The highest BCUT2D eigenvalue weighted by atomic mass is 32.2. The van der Waals surface area contributed by atoms with E-state index >= 15 is 0 Å². The molecular formula is C12H13N3S. The molecular weight excluding hydrogens is 218 g/mol. The van der Waals surface area contributed by atoms with Crippen LogP contribution in [0.4, 0.5) is 5.69 Å². The molecule has 3 nitrogen and oxygen atoms in total. The molecule has 0 fully saturated rings. The third-order valence-corrected chi connectivity index (χ3v) is 3.10. The normalized spacial score (nSPS) is 10.4. The second-order valence-electron chi connectivity index (χ2n) is 3.66. The van der Waals surface area contributed by atoms with Crippen LogP contribution in [0.3, 0.4) is 0 Å². The Hall–Kier alpha value is -1.55. The predicted octanol–water partition coefficient (Wildman–Crippen LogP) is 2.83. The molecule has 2 rings (SSSR count). The number of anilines is 1. The summed E-state index contributed by atoms with van der Waals surface area (Å²) in [6.07, 6.45) is 3.62. The molecule has 2 aromatic rings. The van der Waals surface area contributed by atoms with Crippen molar-refractivity contribution in [3.8, 4) is 0 Å². The monoisotopic (exact) mass is 231 g/mol. The van der Waals surface area contributed by atoms with Crippen molar-refractivity contribution in [3.63, 3.8) is 0 Å². The highest BCUT2D eigenvalue weighted by Crippen LogP contribution is 2.27. The number of aromatic nitrogens is 2. The van der Waals surface area contributed by atoms with Crippen molar-refractivity contribution < 1.29 is 0 Å². The van der Waals surface area contributed by atoms with E-state index in [1.807, 2.05) is 44.4 Å². The van der Waals surface area contributed by atoms with Crippen molar-refractivity contribution >= 4 is 17.4 Å². The second-order valence-corrected chi connectivity index (χ2v) is 4.70. The zero-order chi connectivity index (χ0) is 11.5. The quantitative estimate of drug-likeness (QED) is 0.638. The molecule has 1 heterocycles. The van der Waals surface area contributed by atoms with Crippen molar-refractivity contribution in [2.75, 3.05) is 5.73 Å². The SMILES string of the molecule is Cc1cnc(Sc2ccc(C)c(N)c2)nc1. The van der Waals surface area contributed by atoms with Crippen molar-refractivity contribution in [2.24, 2.45) is 0 Å². The summed E-state index contributed by atoms with van der Waals surface area (Å²) in [5.74, 6) is 0. The molecule has 0 atom stereocenters. The lowest BCUT2D eigenvalue weighted by molar-refractivity contribution is 0.950. The molecule has 0 aliphatic rings. The van der Waals surface area contributed by atoms with E-state index in [4.69, 9.17) is 5.73 Å². The molecule has 0 radical (unpaired) electrons. The van der Waals surface area contributed by atoms with Gasteiger partial charge in [-0.05, 0) is 48.9 Å². The van der Waals surface area contributed by atoms with E-state index in [-0.39, 0.29) is 0 Å². The molecule has 0 aliphatic carbocycles. The molecule has 0 amide bonds. The number of nitrogen functional groups attached to an aromatic ring is 1. The van der Waals surface area contributed by atoms with E-state index < -0.39 is 0 Å². The standard InChI is InChI=1S/C12H13N3S/c1-8-6-14-12(15-7-8)16-10-4-3-9(2)11(13)5-10/h3-7H,13H2,1-2H3. The lowest BCUT2D eigenvalue weighted by Gasteiger charge is -2.03. The van der Waals surface area contributed by atoms with Gasteiger partial charge in [0.2, 0.25) is 0 Å². The fourth-order valence-electron chi connectivity index (χ4n) is 1.22. The summed E-state index contributed by atoms with van der Waals surface area (Å²) in [6, 6.07) is 5.98. The average molecular weight is 231 g/mol. The van der Waals surface area contributed by atoms with Gasteiger partial charge < -0.3 is 5.73 Å². The van der Waals surface area contributed by atoms with Crippen molar-refractivity contribution in [3.05, 3.63) is 41.7 Å². The molecule has 1 aromatic heterocycles. The van der Waals surface area contributed by atoms with Crippen LogP contribution in [0.1, 0.15) is 11.1 Å². The van der Waals surface area contributed by atoms with Gasteiger partial charge in [0, 0.05) is 23.0 Å². The minimum atomic E-state index is 0.744. The largest absolute Gasteiger partial charge is 0.398 e. The molecule has 0 spiro atoms. The van der Waals surface area contributed by atoms with E-state index in [0.717, 1.165) is 26.9 Å². The van der Waals surface area contributed by atoms with E-state index in [0.29, 0.717) is 0 Å². The van der Waals surface area contributed by atoms with E-state index in [1.54, 1.807) is 0 Å². The van der Waals surface area contributed by atoms with Crippen molar-refractivity contribution in [1.82, 2.24) is 9.97 Å². The van der Waals surface area contributed by atoms with Crippen LogP contribution >= 0.6 is 11.8 Å². The zero-order valence-electron chi connectivity index (χ0n) is 9.27. The van der Waals surface area contributed by atoms with Crippen LogP contribution in [0.2, 0.25) is 0 Å². The van der Waals surface area contributed by atoms with Gasteiger partial charge in [0.1, 0.15) is 0 Å². The van der Waals surface area contributed by atoms with Crippen molar-refractivity contribution in [1.29, 1.82) is 0 Å². The molecule has 0 bridgehead atoms. The van der Waals surface area contributed by atoms with Crippen LogP contribution in [-0.2, 0) is 0 Å². The number of hydrogen-bond donors (Lipinski definition) is 1. The number of rotatable bonds is 2. The summed E-state index contributed by atoms with van der Waals surface area (Å²) in [5, 5.41) is 0.744. The summed E-state index contributed by atoms with van der Waals surface area (Å²) in [4.78, 5) is 9.54. The molecule has 2 N–H and O–H groups in total. The van der Waals surface area contributed by atoms with Gasteiger partial charge in [-0.3, -0.25) is 0 Å². The Morgan fingerprint density at radius 3 is 2.44 bits per heavy atom. The van der Waals surface area contributed by atoms with Crippen LogP contribution in [0.5, 0.6) is 0 Å². The van der Waals surface area contributed by atoms with E-state index in [2.05, 4.69) is 9.97 Å².